The van der Waals surface area contributed by atoms with Crippen molar-refractivity contribution in [3.05, 3.63) is 82.9 Å². The second-order valence-corrected chi connectivity index (χ2v) is 10.8. The topological polar surface area (TPSA) is 85.5 Å². The number of aromatic amines is 1. The van der Waals surface area contributed by atoms with E-state index in [1.165, 1.54) is 18.6 Å². The van der Waals surface area contributed by atoms with Crippen molar-refractivity contribution in [1.82, 2.24) is 15.2 Å². The Morgan fingerprint density at radius 2 is 1.80 bits per heavy atom. The molecule has 3 N–H and O–H groups in total. The van der Waals surface area contributed by atoms with Crippen molar-refractivity contribution in [2.75, 3.05) is 48.5 Å². The summed E-state index contributed by atoms with van der Waals surface area (Å²) in [6.07, 6.45) is 3.74. The molecule has 1 aromatic heterocycles. The van der Waals surface area contributed by atoms with Gasteiger partial charge in [0.1, 0.15) is 11.6 Å². The van der Waals surface area contributed by atoms with Crippen molar-refractivity contribution in [3.8, 4) is 0 Å². The second-order valence-electron chi connectivity index (χ2n) is 10.8. The number of aromatic nitrogens is 2. The predicted octanol–water partition coefficient (Wildman–Crippen LogP) is 5.72. The molecule has 0 radical (unpaired) electrons. The number of fused-ring (bicyclic) bond motifs is 1. The maximum absolute atomic E-state index is 13.7. The Kier molecular flexibility index (Phi) is 7.84. The maximum Gasteiger partial charge on any atom is 0.259 e. The lowest BCUT2D eigenvalue weighted by Gasteiger charge is -2.35. The van der Waals surface area contributed by atoms with Crippen molar-refractivity contribution in [1.29, 1.82) is 0 Å². The van der Waals surface area contributed by atoms with Crippen molar-refractivity contribution >= 4 is 34.0 Å². The molecule has 1 unspecified atom stereocenters. The Hall–Kier alpha value is -4.02. The minimum Gasteiger partial charge on any atom is -0.378 e. The number of halogens is 2. The summed E-state index contributed by atoms with van der Waals surface area (Å²) in [6.45, 7) is 6.06. The van der Waals surface area contributed by atoms with Gasteiger partial charge in [-0.3, -0.25) is 9.89 Å². The molecular weight excluding hydrogens is 526 g/mol. The molecule has 3 heterocycles. The second kappa shape index (κ2) is 11.8. The molecule has 4 aromatic rings. The number of piperidine rings is 1. The van der Waals surface area contributed by atoms with Gasteiger partial charge in [0, 0.05) is 42.8 Å². The van der Waals surface area contributed by atoms with Crippen molar-refractivity contribution in [2.24, 2.45) is 0 Å². The third-order valence-electron chi connectivity index (χ3n) is 7.88. The van der Waals surface area contributed by atoms with Gasteiger partial charge in [0.2, 0.25) is 0 Å². The van der Waals surface area contributed by atoms with Gasteiger partial charge in [0.05, 0.1) is 30.0 Å². The van der Waals surface area contributed by atoms with Gasteiger partial charge in [-0.1, -0.05) is 12.5 Å². The molecule has 2 aliphatic heterocycles. The van der Waals surface area contributed by atoms with Crippen LogP contribution in [0.4, 0.5) is 26.0 Å². The zero-order chi connectivity index (χ0) is 28.3. The van der Waals surface area contributed by atoms with Crippen LogP contribution in [-0.4, -0.2) is 60.0 Å². The van der Waals surface area contributed by atoms with E-state index in [2.05, 4.69) is 37.8 Å². The van der Waals surface area contributed by atoms with Crippen LogP contribution in [0.15, 0.2) is 54.6 Å². The number of amides is 1. The molecule has 0 saturated carbocycles. The number of carbonyl (C=O) groups excluding carboxylic acids is 1. The van der Waals surface area contributed by atoms with E-state index in [-0.39, 0.29) is 5.91 Å². The lowest BCUT2D eigenvalue weighted by Crippen LogP contribution is -2.42. The molecule has 6 rings (SSSR count). The molecule has 0 bridgehead atoms. The molecule has 2 fully saturated rings. The van der Waals surface area contributed by atoms with Crippen LogP contribution in [0.5, 0.6) is 0 Å². The average Bonchev–Trinajstić information content (AvgIpc) is 3.36. The fraction of sp³-hybridized carbons (Fsp3) is 0.355. The minimum absolute atomic E-state index is 0.281. The van der Waals surface area contributed by atoms with Gasteiger partial charge >= 0.3 is 0 Å². The highest BCUT2D eigenvalue weighted by Gasteiger charge is 2.23. The fourth-order valence-corrected chi connectivity index (χ4v) is 5.65. The standard InChI is InChI=1S/C31H34F2N6O2/c1-20-4-2-3-9-39(20)37-29-19-25(38-10-12-41-13-11-38)6-7-26(29)31(40)34-30-27-17-21(5-8-28(27)35-36-30)14-22-15-23(32)18-24(33)16-22/h5-8,15-20,37H,2-4,9-14H2,1H3,(H2,34,35,36,40). The summed E-state index contributed by atoms with van der Waals surface area (Å²) in [4.78, 5) is 16.0. The van der Waals surface area contributed by atoms with E-state index in [9.17, 15) is 13.6 Å². The third kappa shape index (κ3) is 6.18. The van der Waals surface area contributed by atoms with Crippen LogP contribution in [0.2, 0.25) is 0 Å². The summed E-state index contributed by atoms with van der Waals surface area (Å²) in [5.41, 5.74) is 7.97. The number of hydrazine groups is 1. The van der Waals surface area contributed by atoms with Crippen LogP contribution in [-0.2, 0) is 11.2 Å². The van der Waals surface area contributed by atoms with E-state index in [4.69, 9.17) is 4.74 Å². The van der Waals surface area contributed by atoms with Crippen molar-refractivity contribution in [2.45, 2.75) is 38.6 Å². The molecule has 3 aromatic carbocycles. The number of ether oxygens (including phenoxy) is 1. The molecule has 41 heavy (non-hydrogen) atoms. The number of hydrogen-bond acceptors (Lipinski definition) is 6. The molecule has 0 spiro atoms. The lowest BCUT2D eigenvalue weighted by molar-refractivity contribution is 0.102. The third-order valence-corrected chi connectivity index (χ3v) is 7.88. The molecule has 1 atom stereocenters. The smallest absolute Gasteiger partial charge is 0.259 e. The first-order chi connectivity index (χ1) is 19.9. The van der Waals surface area contributed by atoms with Crippen LogP contribution in [0.3, 0.4) is 0 Å². The summed E-state index contributed by atoms with van der Waals surface area (Å²) in [7, 11) is 0. The number of rotatable bonds is 7. The number of nitrogens with one attached hydrogen (secondary N) is 3. The summed E-state index contributed by atoms with van der Waals surface area (Å²) in [5, 5.41) is 13.2. The number of anilines is 3. The van der Waals surface area contributed by atoms with Gasteiger partial charge in [-0.05, 0) is 79.8 Å². The lowest BCUT2D eigenvalue weighted by atomic mass is 10.0. The fourth-order valence-electron chi connectivity index (χ4n) is 5.65. The highest BCUT2D eigenvalue weighted by Crippen LogP contribution is 2.29. The zero-order valence-corrected chi connectivity index (χ0v) is 23.1. The summed E-state index contributed by atoms with van der Waals surface area (Å²) in [5.74, 6) is -1.11. The Morgan fingerprint density at radius 3 is 2.59 bits per heavy atom. The van der Waals surface area contributed by atoms with E-state index in [0.717, 1.165) is 66.4 Å². The number of H-pyrrole nitrogens is 1. The Bertz CT molecular complexity index is 1530. The molecule has 10 heteroatoms. The molecular formula is C31H34F2N6O2. The Labute approximate surface area is 237 Å². The quantitative estimate of drug-likeness (QED) is 0.268. The van der Waals surface area contributed by atoms with Gasteiger partial charge in [-0.25, -0.2) is 13.8 Å². The predicted molar refractivity (Wildman–Crippen MR) is 156 cm³/mol. The summed E-state index contributed by atoms with van der Waals surface area (Å²) < 4.78 is 33.0. The largest absolute Gasteiger partial charge is 0.378 e. The summed E-state index contributed by atoms with van der Waals surface area (Å²) >= 11 is 0. The number of carbonyl (C=O) groups is 1. The van der Waals surface area contributed by atoms with Gasteiger partial charge in [0.25, 0.3) is 5.91 Å². The molecule has 8 nitrogen and oxygen atoms in total. The van der Waals surface area contributed by atoms with Crippen molar-refractivity contribution in [3.63, 3.8) is 0 Å². The molecule has 1 amide bonds. The van der Waals surface area contributed by atoms with Crippen LogP contribution in [0, 0.1) is 11.6 Å². The van der Waals surface area contributed by atoms with E-state index < -0.39 is 11.6 Å². The average molecular weight is 561 g/mol. The monoisotopic (exact) mass is 560 g/mol. The molecule has 214 valence electrons. The first-order valence-corrected chi connectivity index (χ1v) is 14.2. The van der Waals surface area contributed by atoms with Gasteiger partial charge in [-0.15, -0.1) is 0 Å². The van der Waals surface area contributed by atoms with Crippen LogP contribution < -0.4 is 15.6 Å². The first-order valence-electron chi connectivity index (χ1n) is 14.2. The van der Waals surface area contributed by atoms with E-state index in [1.54, 1.807) is 0 Å². The van der Waals surface area contributed by atoms with E-state index in [1.807, 2.05) is 36.4 Å². The minimum atomic E-state index is -0.611. The molecule has 2 aliphatic rings. The van der Waals surface area contributed by atoms with E-state index >= 15 is 0 Å². The van der Waals surface area contributed by atoms with Crippen LogP contribution >= 0.6 is 0 Å². The molecule has 0 aliphatic carbocycles. The number of morpholine rings is 1. The highest BCUT2D eigenvalue weighted by atomic mass is 19.1. The van der Waals surface area contributed by atoms with Crippen LogP contribution in [0.25, 0.3) is 10.9 Å². The van der Waals surface area contributed by atoms with Crippen molar-refractivity contribution < 1.29 is 18.3 Å². The van der Waals surface area contributed by atoms with E-state index in [0.29, 0.717) is 42.6 Å². The normalized spacial score (nSPS) is 18.0. The number of nitrogens with zero attached hydrogens (tertiary/aromatic N) is 3. The van der Waals surface area contributed by atoms with Gasteiger partial charge in [0.15, 0.2) is 5.82 Å². The zero-order valence-electron chi connectivity index (χ0n) is 23.1. The SMILES string of the molecule is CC1CCCCN1Nc1cc(N2CCOCC2)ccc1C(=O)Nc1n[nH]c2ccc(Cc3cc(F)cc(F)c3)cc12. The van der Waals surface area contributed by atoms with Crippen LogP contribution in [0.1, 0.15) is 47.7 Å². The Balaban J connectivity index is 1.27. The van der Waals surface area contributed by atoms with Gasteiger partial charge in [-0.2, -0.15) is 5.10 Å². The number of benzene rings is 3. The van der Waals surface area contributed by atoms with Gasteiger partial charge < -0.3 is 20.4 Å². The first kappa shape index (κ1) is 27.2. The number of hydrogen-bond donors (Lipinski definition) is 3. The molecule has 2 saturated heterocycles. The summed E-state index contributed by atoms with van der Waals surface area (Å²) in [6, 6.07) is 15.3. The maximum atomic E-state index is 13.7. The highest BCUT2D eigenvalue weighted by molar-refractivity contribution is 6.11. The Morgan fingerprint density at radius 1 is 1.00 bits per heavy atom.